The molecule has 0 bridgehead atoms. The molecule has 2 aromatic carbocycles. The van der Waals surface area contributed by atoms with Crippen molar-refractivity contribution in [3.05, 3.63) is 68.7 Å². The van der Waals surface area contributed by atoms with Crippen LogP contribution in [0.1, 0.15) is 52.7 Å². The lowest BCUT2D eigenvalue weighted by molar-refractivity contribution is -0.148. The molecule has 2 amide bonds. The van der Waals surface area contributed by atoms with Gasteiger partial charge in [-0.3, -0.25) is 9.59 Å². The number of halogens is 3. The van der Waals surface area contributed by atoms with Gasteiger partial charge in [0, 0.05) is 5.02 Å². The van der Waals surface area contributed by atoms with Gasteiger partial charge in [0.2, 0.25) is 11.8 Å². The SMILES string of the molecule is CC(C)COC(=O)[C@H](C)NC(=O)Cc1ccc(Cl)c(Cl)c1.CC(C)COC(=O)[C@H](C)NC(=O)Cc1ccc(Cl)cc1. The maximum absolute atomic E-state index is 11.9. The maximum atomic E-state index is 11.9. The summed E-state index contributed by atoms with van der Waals surface area (Å²) in [5.74, 6) is -0.818. The Bertz CT molecular complexity index is 1160. The highest BCUT2D eigenvalue weighted by Crippen LogP contribution is 2.22. The van der Waals surface area contributed by atoms with Crippen LogP contribution >= 0.6 is 34.8 Å². The summed E-state index contributed by atoms with van der Waals surface area (Å²) in [6.45, 7) is 11.7. The van der Waals surface area contributed by atoms with Gasteiger partial charge < -0.3 is 20.1 Å². The molecule has 2 aromatic rings. The zero-order valence-corrected chi connectivity index (χ0v) is 26.5. The third-order valence-corrected chi connectivity index (χ3v) is 6.20. The van der Waals surface area contributed by atoms with Crippen LogP contribution in [-0.2, 0) is 41.5 Å². The fourth-order valence-electron chi connectivity index (χ4n) is 3.07. The number of hydrogen-bond acceptors (Lipinski definition) is 6. The highest BCUT2D eigenvalue weighted by molar-refractivity contribution is 6.42. The van der Waals surface area contributed by atoms with Crippen LogP contribution in [0.3, 0.4) is 0 Å². The van der Waals surface area contributed by atoms with Crippen molar-refractivity contribution < 1.29 is 28.7 Å². The zero-order chi connectivity index (χ0) is 31.1. The van der Waals surface area contributed by atoms with Gasteiger partial charge in [0.25, 0.3) is 0 Å². The average Bonchev–Trinajstić information content (AvgIpc) is 2.89. The number of esters is 2. The quantitative estimate of drug-likeness (QED) is 0.286. The first-order valence-corrected chi connectivity index (χ1v) is 14.4. The zero-order valence-electron chi connectivity index (χ0n) is 24.3. The number of carbonyl (C=O) groups is 4. The number of amides is 2. The number of ether oxygens (including phenoxy) is 2. The molecular formula is C30H39Cl3N2O6. The van der Waals surface area contributed by atoms with Crippen LogP contribution in [0, 0.1) is 11.8 Å². The molecule has 0 saturated carbocycles. The molecule has 226 valence electrons. The number of rotatable bonds is 12. The van der Waals surface area contributed by atoms with Gasteiger partial charge in [-0.15, -0.1) is 0 Å². The van der Waals surface area contributed by atoms with Crippen molar-refractivity contribution in [1.29, 1.82) is 0 Å². The minimum atomic E-state index is -0.681. The Morgan fingerprint density at radius 2 is 1.05 bits per heavy atom. The largest absolute Gasteiger partial charge is 0.464 e. The van der Waals surface area contributed by atoms with E-state index in [4.69, 9.17) is 44.3 Å². The summed E-state index contributed by atoms with van der Waals surface area (Å²) in [5.41, 5.74) is 1.57. The highest BCUT2D eigenvalue weighted by atomic mass is 35.5. The fourth-order valence-corrected chi connectivity index (χ4v) is 3.52. The summed E-state index contributed by atoms with van der Waals surface area (Å²) >= 11 is 17.5. The molecule has 2 rings (SSSR count). The van der Waals surface area contributed by atoms with Crippen molar-refractivity contribution in [3.8, 4) is 0 Å². The molecule has 0 radical (unpaired) electrons. The van der Waals surface area contributed by atoms with Crippen LogP contribution in [0.5, 0.6) is 0 Å². The molecule has 41 heavy (non-hydrogen) atoms. The van der Waals surface area contributed by atoms with Crippen molar-refractivity contribution in [3.63, 3.8) is 0 Å². The lowest BCUT2D eigenvalue weighted by atomic mass is 10.1. The molecule has 0 fully saturated rings. The summed E-state index contributed by atoms with van der Waals surface area (Å²) in [6.07, 6.45) is 0.331. The Balaban J connectivity index is 0.000000410. The van der Waals surface area contributed by atoms with Crippen LogP contribution in [0.4, 0.5) is 0 Å². The molecular weight excluding hydrogens is 591 g/mol. The average molecular weight is 630 g/mol. The molecule has 0 aliphatic carbocycles. The molecule has 8 nitrogen and oxygen atoms in total. The summed E-state index contributed by atoms with van der Waals surface area (Å²) in [6, 6.07) is 10.7. The van der Waals surface area contributed by atoms with Gasteiger partial charge in [-0.1, -0.05) is 80.7 Å². The van der Waals surface area contributed by atoms with E-state index in [9.17, 15) is 19.2 Å². The van der Waals surface area contributed by atoms with Crippen molar-refractivity contribution >= 4 is 58.6 Å². The van der Waals surface area contributed by atoms with Crippen LogP contribution in [0.15, 0.2) is 42.5 Å². The van der Waals surface area contributed by atoms with Gasteiger partial charge in [0.15, 0.2) is 0 Å². The third kappa shape index (κ3) is 15.7. The highest BCUT2D eigenvalue weighted by Gasteiger charge is 2.18. The Hall–Kier alpha value is -2.81. The molecule has 0 heterocycles. The van der Waals surface area contributed by atoms with E-state index >= 15 is 0 Å². The van der Waals surface area contributed by atoms with E-state index in [-0.39, 0.29) is 36.5 Å². The van der Waals surface area contributed by atoms with Crippen molar-refractivity contribution in [1.82, 2.24) is 10.6 Å². The number of carbonyl (C=O) groups excluding carboxylic acids is 4. The molecule has 0 saturated heterocycles. The van der Waals surface area contributed by atoms with Crippen molar-refractivity contribution in [2.45, 2.75) is 66.5 Å². The molecule has 11 heteroatoms. The summed E-state index contributed by atoms with van der Waals surface area (Å²) in [4.78, 5) is 46.9. The smallest absolute Gasteiger partial charge is 0.328 e. The van der Waals surface area contributed by atoms with E-state index in [1.54, 1.807) is 56.3 Å². The second-order valence-corrected chi connectivity index (χ2v) is 11.6. The lowest BCUT2D eigenvalue weighted by Gasteiger charge is -2.14. The Morgan fingerprint density at radius 1 is 0.634 bits per heavy atom. The van der Waals surface area contributed by atoms with Crippen molar-refractivity contribution in [2.75, 3.05) is 13.2 Å². The minimum absolute atomic E-state index is 0.124. The van der Waals surface area contributed by atoms with E-state index in [0.717, 1.165) is 11.1 Å². The molecule has 0 aliphatic rings. The Kier molecular flexibility index (Phi) is 16.4. The minimum Gasteiger partial charge on any atom is -0.464 e. The van der Waals surface area contributed by atoms with E-state index in [1.165, 1.54) is 0 Å². The molecule has 2 atom stereocenters. The van der Waals surface area contributed by atoms with Crippen LogP contribution in [0.2, 0.25) is 15.1 Å². The number of hydrogen-bond donors (Lipinski definition) is 2. The van der Waals surface area contributed by atoms with E-state index in [0.29, 0.717) is 28.3 Å². The van der Waals surface area contributed by atoms with Gasteiger partial charge in [0.1, 0.15) is 12.1 Å². The third-order valence-electron chi connectivity index (χ3n) is 5.21. The summed E-state index contributed by atoms with van der Waals surface area (Å²) < 4.78 is 10.1. The first-order chi connectivity index (χ1) is 19.2. The topological polar surface area (TPSA) is 111 Å². The second kappa shape index (κ2) is 18.6. The summed E-state index contributed by atoms with van der Waals surface area (Å²) in [7, 11) is 0. The van der Waals surface area contributed by atoms with Crippen LogP contribution in [0.25, 0.3) is 0 Å². The molecule has 0 aromatic heterocycles. The fraction of sp³-hybridized carbons (Fsp3) is 0.467. The predicted molar refractivity (Wildman–Crippen MR) is 162 cm³/mol. The van der Waals surface area contributed by atoms with Gasteiger partial charge >= 0.3 is 11.9 Å². The Morgan fingerprint density at radius 3 is 1.46 bits per heavy atom. The summed E-state index contributed by atoms with van der Waals surface area (Å²) in [5, 5.41) is 6.67. The molecule has 0 aliphatic heterocycles. The van der Waals surface area contributed by atoms with Crippen LogP contribution in [-0.4, -0.2) is 49.1 Å². The molecule has 0 spiro atoms. The second-order valence-electron chi connectivity index (χ2n) is 10.4. The molecule has 0 unspecified atom stereocenters. The van der Waals surface area contributed by atoms with E-state index < -0.39 is 24.0 Å². The monoisotopic (exact) mass is 628 g/mol. The normalized spacial score (nSPS) is 12.1. The predicted octanol–water partition coefficient (Wildman–Crippen LogP) is 5.83. The van der Waals surface area contributed by atoms with Crippen molar-refractivity contribution in [2.24, 2.45) is 11.8 Å². The van der Waals surface area contributed by atoms with Crippen LogP contribution < -0.4 is 10.6 Å². The first kappa shape index (κ1) is 36.2. The van der Waals surface area contributed by atoms with Gasteiger partial charge in [0.05, 0.1) is 36.1 Å². The van der Waals surface area contributed by atoms with Gasteiger partial charge in [-0.25, -0.2) is 9.59 Å². The molecule has 2 N–H and O–H groups in total. The number of nitrogens with one attached hydrogen (secondary N) is 2. The number of benzene rings is 2. The maximum Gasteiger partial charge on any atom is 0.328 e. The van der Waals surface area contributed by atoms with Gasteiger partial charge in [-0.2, -0.15) is 0 Å². The Labute approximate surface area is 257 Å². The first-order valence-electron chi connectivity index (χ1n) is 13.3. The standard InChI is InChI=1S/C15H19Cl2NO3.C15H20ClNO3/c1-9(2)8-21-15(20)10(3)18-14(19)7-11-4-5-12(16)13(17)6-11;1-10(2)9-20-15(19)11(3)17-14(18)8-12-4-6-13(16)7-5-12/h4-6,9-10H,7-8H2,1-3H3,(H,18,19);4-7,10-11H,8-9H2,1-3H3,(H,17,18)/t10-;11-/m00/s1. The van der Waals surface area contributed by atoms with Gasteiger partial charge in [-0.05, 0) is 61.1 Å². The lowest BCUT2D eigenvalue weighted by Crippen LogP contribution is -2.40. The van der Waals surface area contributed by atoms with E-state index in [1.807, 2.05) is 27.7 Å². The van der Waals surface area contributed by atoms with E-state index in [2.05, 4.69) is 10.6 Å².